The Bertz CT molecular complexity index is 1280. The van der Waals surface area contributed by atoms with Crippen molar-refractivity contribution in [2.75, 3.05) is 18.4 Å². The number of aromatic amines is 2. The Balaban J connectivity index is 1.59. The van der Waals surface area contributed by atoms with E-state index in [0.717, 1.165) is 0 Å². The van der Waals surface area contributed by atoms with Crippen LogP contribution in [-0.4, -0.2) is 46.7 Å². The Morgan fingerprint density at radius 3 is 2.86 bits per heavy atom. The molecule has 0 aliphatic carbocycles. The van der Waals surface area contributed by atoms with Gasteiger partial charge >= 0.3 is 5.69 Å². The molecule has 2 aromatic heterocycles. The first-order valence-electron chi connectivity index (χ1n) is 8.81. The van der Waals surface area contributed by atoms with Gasteiger partial charge in [0.1, 0.15) is 0 Å². The van der Waals surface area contributed by atoms with E-state index in [4.69, 9.17) is 0 Å². The molecular weight excluding hydrogens is 418 g/mol. The third-order valence-corrected chi connectivity index (χ3v) is 7.32. The molecule has 3 aromatic rings. The lowest BCUT2D eigenvalue weighted by Gasteiger charge is -2.31. The van der Waals surface area contributed by atoms with Crippen LogP contribution in [0.15, 0.2) is 44.3 Å². The zero-order valence-corrected chi connectivity index (χ0v) is 16.7. The fraction of sp³-hybridized carbons (Fsp3) is 0.294. The first-order chi connectivity index (χ1) is 13.8. The standard InChI is InChI=1S/C17H17N5O5S2/c23-14(21-17-18-5-7-28-17)10-2-1-6-22(9-10)29(26,27)11-3-4-13-12(8-11)15(24)20-16(25)19-13/h3-5,7-8,10H,1-2,6,9H2,(H,18,21,23)(H2,19,20,24,25). The van der Waals surface area contributed by atoms with E-state index < -0.39 is 27.2 Å². The molecule has 1 atom stereocenters. The predicted molar refractivity (Wildman–Crippen MR) is 107 cm³/mol. The van der Waals surface area contributed by atoms with Crippen molar-refractivity contribution in [3.05, 3.63) is 50.6 Å². The first-order valence-corrected chi connectivity index (χ1v) is 11.1. The van der Waals surface area contributed by atoms with Gasteiger partial charge in [0.05, 0.1) is 21.7 Å². The second-order valence-electron chi connectivity index (χ2n) is 6.64. The van der Waals surface area contributed by atoms with Crippen LogP contribution in [0.4, 0.5) is 5.13 Å². The number of fused-ring (bicyclic) bond motifs is 1. The molecule has 3 heterocycles. The van der Waals surface area contributed by atoms with Gasteiger partial charge in [-0.3, -0.25) is 14.6 Å². The van der Waals surface area contributed by atoms with Gasteiger partial charge < -0.3 is 10.3 Å². The number of carbonyl (C=O) groups excluding carboxylic acids is 1. The van der Waals surface area contributed by atoms with Crippen molar-refractivity contribution in [3.8, 4) is 0 Å². The van der Waals surface area contributed by atoms with Crippen LogP contribution in [0, 0.1) is 5.92 Å². The molecule has 4 rings (SSSR count). The number of benzene rings is 1. The monoisotopic (exact) mass is 435 g/mol. The summed E-state index contributed by atoms with van der Waals surface area (Å²) in [6.07, 6.45) is 2.69. The van der Waals surface area contributed by atoms with Crippen LogP contribution in [0.5, 0.6) is 0 Å². The quantitative estimate of drug-likeness (QED) is 0.550. The number of carbonyl (C=O) groups is 1. The van der Waals surface area contributed by atoms with Crippen molar-refractivity contribution in [1.29, 1.82) is 0 Å². The molecule has 0 bridgehead atoms. The van der Waals surface area contributed by atoms with E-state index in [1.54, 1.807) is 11.6 Å². The van der Waals surface area contributed by atoms with E-state index in [-0.39, 0.29) is 34.8 Å². The van der Waals surface area contributed by atoms with E-state index in [2.05, 4.69) is 20.3 Å². The van der Waals surface area contributed by atoms with Gasteiger partial charge in [-0.15, -0.1) is 11.3 Å². The van der Waals surface area contributed by atoms with Crippen molar-refractivity contribution in [2.45, 2.75) is 17.7 Å². The summed E-state index contributed by atoms with van der Waals surface area (Å²) in [5, 5.41) is 4.99. The zero-order valence-electron chi connectivity index (χ0n) is 15.0. The first kappa shape index (κ1) is 19.5. The van der Waals surface area contributed by atoms with Crippen molar-refractivity contribution < 1.29 is 13.2 Å². The summed E-state index contributed by atoms with van der Waals surface area (Å²) in [5.74, 6) is -0.768. The third-order valence-electron chi connectivity index (χ3n) is 4.77. The summed E-state index contributed by atoms with van der Waals surface area (Å²) in [7, 11) is -3.91. The lowest BCUT2D eigenvalue weighted by Crippen LogP contribution is -2.43. The Hall–Kier alpha value is -2.83. The van der Waals surface area contributed by atoms with Gasteiger partial charge in [-0.25, -0.2) is 18.2 Å². The minimum Gasteiger partial charge on any atom is -0.307 e. The fourth-order valence-corrected chi connectivity index (χ4v) is 5.40. The van der Waals surface area contributed by atoms with Crippen LogP contribution >= 0.6 is 11.3 Å². The summed E-state index contributed by atoms with van der Waals surface area (Å²) in [4.78, 5) is 44.3. The number of hydrogen-bond acceptors (Lipinski definition) is 7. The Kier molecular flexibility index (Phi) is 5.06. The van der Waals surface area contributed by atoms with Gasteiger partial charge in [0.15, 0.2) is 5.13 Å². The van der Waals surface area contributed by atoms with Crippen LogP contribution in [0.2, 0.25) is 0 Å². The highest BCUT2D eigenvalue weighted by molar-refractivity contribution is 7.89. The van der Waals surface area contributed by atoms with Gasteiger partial charge in [-0.2, -0.15) is 4.31 Å². The van der Waals surface area contributed by atoms with Crippen molar-refractivity contribution in [2.24, 2.45) is 5.92 Å². The van der Waals surface area contributed by atoms with Crippen LogP contribution in [0.25, 0.3) is 10.9 Å². The number of nitrogens with one attached hydrogen (secondary N) is 3. The highest BCUT2D eigenvalue weighted by atomic mass is 32.2. The van der Waals surface area contributed by atoms with E-state index in [1.165, 1.54) is 33.8 Å². The number of aromatic nitrogens is 3. The van der Waals surface area contributed by atoms with Crippen LogP contribution in [0.3, 0.4) is 0 Å². The summed E-state index contributed by atoms with van der Waals surface area (Å²) in [5.41, 5.74) is -1.08. The number of anilines is 1. The lowest BCUT2D eigenvalue weighted by molar-refractivity contribution is -0.120. The van der Waals surface area contributed by atoms with Gasteiger partial charge in [-0.1, -0.05) is 0 Å². The number of rotatable bonds is 4. The SMILES string of the molecule is O=C(Nc1nccs1)C1CCCN(S(=O)(=O)c2ccc3[nH]c(=O)[nH]c(=O)c3c2)C1. The smallest absolute Gasteiger partial charge is 0.307 e. The van der Waals surface area contributed by atoms with Crippen LogP contribution in [-0.2, 0) is 14.8 Å². The summed E-state index contributed by atoms with van der Waals surface area (Å²) < 4.78 is 27.4. The molecular formula is C17H17N5O5S2. The number of nitrogens with zero attached hydrogens (tertiary/aromatic N) is 2. The normalized spacial score (nSPS) is 18.0. The summed E-state index contributed by atoms with van der Waals surface area (Å²) in [6, 6.07) is 3.96. The second kappa shape index (κ2) is 7.54. The van der Waals surface area contributed by atoms with Crippen molar-refractivity contribution >= 4 is 43.3 Å². The number of sulfonamides is 1. The van der Waals surface area contributed by atoms with Gasteiger partial charge in [0.25, 0.3) is 5.56 Å². The lowest BCUT2D eigenvalue weighted by atomic mass is 9.99. The highest BCUT2D eigenvalue weighted by Crippen LogP contribution is 2.26. The van der Waals surface area contributed by atoms with Gasteiger partial charge in [-0.05, 0) is 31.0 Å². The van der Waals surface area contributed by atoms with E-state index in [9.17, 15) is 22.8 Å². The topological polar surface area (TPSA) is 145 Å². The van der Waals surface area contributed by atoms with Gasteiger partial charge in [0.2, 0.25) is 15.9 Å². The number of piperidine rings is 1. The summed E-state index contributed by atoms with van der Waals surface area (Å²) >= 11 is 1.29. The number of thiazole rings is 1. The molecule has 29 heavy (non-hydrogen) atoms. The van der Waals surface area contributed by atoms with Crippen LogP contribution in [0.1, 0.15) is 12.8 Å². The van der Waals surface area contributed by atoms with Crippen molar-refractivity contribution in [3.63, 3.8) is 0 Å². The maximum atomic E-state index is 13.1. The Labute approximate surface area is 168 Å². The Morgan fingerprint density at radius 2 is 2.10 bits per heavy atom. The Morgan fingerprint density at radius 1 is 1.28 bits per heavy atom. The maximum Gasteiger partial charge on any atom is 0.326 e. The minimum absolute atomic E-state index is 0.0412. The fourth-order valence-electron chi connectivity index (χ4n) is 3.32. The molecule has 0 spiro atoms. The molecule has 1 fully saturated rings. The molecule has 1 aliphatic rings. The summed E-state index contributed by atoms with van der Waals surface area (Å²) in [6.45, 7) is 0.322. The average molecular weight is 435 g/mol. The molecule has 0 radical (unpaired) electrons. The average Bonchev–Trinajstić information content (AvgIpc) is 3.20. The van der Waals surface area contributed by atoms with Gasteiger partial charge in [0, 0.05) is 24.7 Å². The molecule has 1 unspecified atom stereocenters. The molecule has 3 N–H and O–H groups in total. The molecule has 1 aliphatic heterocycles. The van der Waals surface area contributed by atoms with E-state index in [0.29, 0.717) is 18.0 Å². The largest absolute Gasteiger partial charge is 0.326 e. The van der Waals surface area contributed by atoms with Crippen molar-refractivity contribution in [1.82, 2.24) is 19.3 Å². The molecule has 1 aromatic carbocycles. The van der Waals surface area contributed by atoms with E-state index >= 15 is 0 Å². The second-order valence-corrected chi connectivity index (χ2v) is 9.48. The highest BCUT2D eigenvalue weighted by Gasteiger charge is 2.33. The molecule has 152 valence electrons. The zero-order chi connectivity index (χ0) is 20.6. The van der Waals surface area contributed by atoms with Crippen LogP contribution < -0.4 is 16.6 Å². The predicted octanol–water partition coefficient (Wildman–Crippen LogP) is 0.712. The molecule has 1 amide bonds. The third kappa shape index (κ3) is 3.86. The number of amides is 1. The minimum atomic E-state index is -3.91. The molecule has 12 heteroatoms. The molecule has 0 saturated carbocycles. The molecule has 1 saturated heterocycles. The number of H-pyrrole nitrogens is 2. The maximum absolute atomic E-state index is 13.1. The number of hydrogen-bond donors (Lipinski definition) is 3. The van der Waals surface area contributed by atoms with E-state index in [1.807, 2.05) is 0 Å². The molecule has 10 nitrogen and oxygen atoms in total.